The molecule has 5 aliphatic rings. The molecule has 0 aromatic carbocycles. The first-order valence-electron chi connectivity index (χ1n) is 15.7. The lowest BCUT2D eigenvalue weighted by Gasteiger charge is -2.39. The summed E-state index contributed by atoms with van der Waals surface area (Å²) >= 11 is 0. The molecule has 238 valence electrons. The van der Waals surface area contributed by atoms with Crippen LogP contribution in [0.2, 0.25) is 0 Å². The Labute approximate surface area is 253 Å². The quantitative estimate of drug-likeness (QED) is 0.307. The lowest BCUT2D eigenvalue weighted by atomic mass is 9.74. The molecule has 43 heavy (non-hydrogen) atoms. The number of rotatable bonds is 7. The highest BCUT2D eigenvalue weighted by atomic mass is 16.6. The first-order valence-corrected chi connectivity index (χ1v) is 15.7. The second kappa shape index (κ2) is 13.5. The number of hydrogen-bond acceptors (Lipinski definition) is 9. The molecule has 0 saturated carbocycles. The number of likely N-dealkylation sites (tertiary alicyclic amines) is 1. The molecule has 5 aliphatic heterocycles. The summed E-state index contributed by atoms with van der Waals surface area (Å²) < 4.78 is 17.7. The third-order valence-electron chi connectivity index (χ3n) is 9.20. The van der Waals surface area contributed by atoms with Gasteiger partial charge in [-0.1, -0.05) is 38.2 Å². The summed E-state index contributed by atoms with van der Waals surface area (Å²) in [4.78, 5) is 60.5. The first-order chi connectivity index (χ1) is 20.7. The molecule has 3 fully saturated rings. The average Bonchev–Trinajstić information content (AvgIpc) is 3.63. The highest BCUT2D eigenvalue weighted by Crippen LogP contribution is 2.56. The van der Waals surface area contributed by atoms with E-state index in [1.807, 2.05) is 26.0 Å². The normalized spacial score (nSPS) is 35.3. The molecule has 2 N–H and O–H groups in total. The molecule has 0 radical (unpaired) electrons. The predicted octanol–water partition coefficient (Wildman–Crippen LogP) is 0.103. The van der Waals surface area contributed by atoms with Crippen molar-refractivity contribution in [2.75, 3.05) is 59.1 Å². The molecule has 1 spiro atoms. The standard InChI is InChI=1S/C31H46N4O8/c1-20(2)17-22(19-36)35-27-29(39)34(12-11-33-13-15-41-16-14-33)10-6-4-5-7-24(37)32-18-21(3)42-30(40)25-23-8-9-31(27,43-23)26(25)28(35)38/h4,6,8-9,20-23,25-27,36H,5,7,10-19H2,1-3H3,(H,32,37)/b6-4-/t21-,22+,23+,25-,26-,27+,31-/m0/s1. The number of amides is 3. The van der Waals surface area contributed by atoms with E-state index >= 15 is 0 Å². The van der Waals surface area contributed by atoms with Gasteiger partial charge in [0, 0.05) is 39.1 Å². The van der Waals surface area contributed by atoms with Crippen LogP contribution in [0, 0.1) is 17.8 Å². The zero-order valence-electron chi connectivity index (χ0n) is 25.5. The van der Waals surface area contributed by atoms with Crippen molar-refractivity contribution >= 4 is 23.7 Å². The number of ether oxygens (including phenoxy) is 3. The Morgan fingerprint density at radius 3 is 2.58 bits per heavy atom. The maximum absolute atomic E-state index is 14.7. The lowest BCUT2D eigenvalue weighted by Crippen LogP contribution is -2.59. The number of allylic oxidation sites excluding steroid dienone is 1. The molecule has 7 atom stereocenters. The van der Waals surface area contributed by atoms with Crippen LogP contribution in [-0.4, -0.2) is 132 Å². The molecule has 0 aromatic heterocycles. The Morgan fingerprint density at radius 2 is 1.86 bits per heavy atom. The van der Waals surface area contributed by atoms with E-state index in [0.717, 1.165) is 13.1 Å². The number of nitrogens with zero attached hydrogens (tertiary/aromatic N) is 3. The molecule has 3 saturated heterocycles. The zero-order valence-corrected chi connectivity index (χ0v) is 25.5. The number of aliphatic hydroxyl groups excluding tert-OH is 1. The van der Waals surface area contributed by atoms with Crippen molar-refractivity contribution in [3.8, 4) is 0 Å². The Hall–Kier alpha value is -2.80. The Bertz CT molecular complexity index is 1120. The number of aliphatic hydroxyl groups is 1. The number of carbonyl (C=O) groups is 4. The second-order valence-electron chi connectivity index (χ2n) is 12.7. The van der Waals surface area contributed by atoms with Crippen LogP contribution in [0.15, 0.2) is 24.3 Å². The second-order valence-corrected chi connectivity index (χ2v) is 12.7. The van der Waals surface area contributed by atoms with E-state index in [0.29, 0.717) is 39.1 Å². The Kier molecular flexibility index (Phi) is 9.89. The molecule has 0 unspecified atom stereocenters. The highest BCUT2D eigenvalue weighted by Gasteiger charge is 2.74. The van der Waals surface area contributed by atoms with E-state index < -0.39 is 47.7 Å². The van der Waals surface area contributed by atoms with Crippen molar-refractivity contribution in [3.63, 3.8) is 0 Å². The van der Waals surface area contributed by atoms with Crippen LogP contribution in [0.1, 0.15) is 40.0 Å². The number of carbonyl (C=O) groups excluding carboxylic acids is 4. The number of morpholine rings is 1. The summed E-state index contributed by atoms with van der Waals surface area (Å²) in [5.41, 5.74) is -1.35. The lowest BCUT2D eigenvalue weighted by molar-refractivity contribution is -0.159. The molecular weight excluding hydrogens is 556 g/mol. The topological polar surface area (TPSA) is 138 Å². The van der Waals surface area contributed by atoms with Crippen LogP contribution in [0.4, 0.5) is 0 Å². The fourth-order valence-corrected chi connectivity index (χ4v) is 7.12. The minimum Gasteiger partial charge on any atom is -0.460 e. The molecule has 5 bridgehead atoms. The van der Waals surface area contributed by atoms with E-state index in [9.17, 15) is 24.3 Å². The van der Waals surface area contributed by atoms with Crippen molar-refractivity contribution < 1.29 is 38.5 Å². The number of cyclic esters (lactones) is 1. The van der Waals surface area contributed by atoms with Gasteiger partial charge in [-0.2, -0.15) is 0 Å². The minimum atomic E-state index is -1.35. The van der Waals surface area contributed by atoms with Crippen LogP contribution in [-0.2, 0) is 33.4 Å². The van der Waals surface area contributed by atoms with E-state index in [4.69, 9.17) is 14.2 Å². The molecule has 5 heterocycles. The number of esters is 1. The monoisotopic (exact) mass is 602 g/mol. The Morgan fingerprint density at radius 1 is 1.09 bits per heavy atom. The van der Waals surface area contributed by atoms with Gasteiger partial charge < -0.3 is 34.4 Å². The van der Waals surface area contributed by atoms with Crippen LogP contribution in [0.25, 0.3) is 0 Å². The summed E-state index contributed by atoms with van der Waals surface area (Å²) in [5.74, 6) is -3.17. The van der Waals surface area contributed by atoms with Gasteiger partial charge >= 0.3 is 5.97 Å². The largest absolute Gasteiger partial charge is 0.460 e. The van der Waals surface area contributed by atoms with Crippen molar-refractivity contribution in [2.45, 2.75) is 69.9 Å². The van der Waals surface area contributed by atoms with Crippen molar-refractivity contribution in [2.24, 2.45) is 17.8 Å². The minimum absolute atomic E-state index is 0.147. The molecule has 3 amide bonds. The third-order valence-corrected chi connectivity index (χ3v) is 9.20. The fraction of sp³-hybridized carbons (Fsp3) is 0.742. The summed E-state index contributed by atoms with van der Waals surface area (Å²) in [6, 6.07) is -1.67. The number of fused-ring (bicyclic) bond motifs is 2. The maximum atomic E-state index is 14.7. The van der Waals surface area contributed by atoms with E-state index in [1.165, 1.54) is 4.90 Å². The van der Waals surface area contributed by atoms with Gasteiger partial charge in [-0.05, 0) is 25.7 Å². The molecule has 5 rings (SSSR count). The summed E-state index contributed by atoms with van der Waals surface area (Å²) in [7, 11) is 0. The van der Waals surface area contributed by atoms with E-state index in [1.54, 1.807) is 24.0 Å². The zero-order chi connectivity index (χ0) is 30.7. The van der Waals surface area contributed by atoms with Crippen molar-refractivity contribution in [1.82, 2.24) is 20.0 Å². The average molecular weight is 603 g/mol. The van der Waals surface area contributed by atoms with Crippen LogP contribution in [0.5, 0.6) is 0 Å². The summed E-state index contributed by atoms with van der Waals surface area (Å²) in [6.45, 7) is 9.66. The smallest absolute Gasteiger partial charge is 0.313 e. The molecule has 12 nitrogen and oxygen atoms in total. The van der Waals surface area contributed by atoms with Gasteiger partial charge in [0.05, 0.1) is 44.4 Å². The van der Waals surface area contributed by atoms with Gasteiger partial charge in [0.15, 0.2) is 0 Å². The third kappa shape index (κ3) is 6.38. The molecule has 0 aliphatic carbocycles. The van der Waals surface area contributed by atoms with E-state index in [-0.39, 0.29) is 49.8 Å². The fourth-order valence-electron chi connectivity index (χ4n) is 7.12. The SMILES string of the molecule is CC(C)C[C@H](CO)N1C(=O)[C@@H]2[C@H]3C(=O)O[C@@H](C)CNC(=O)CC/C=C\CN(CCN4CCOCC4)C(=O)[C@@H]1[C@]21C=C[C@H]3O1. The van der Waals surface area contributed by atoms with Crippen molar-refractivity contribution in [3.05, 3.63) is 24.3 Å². The van der Waals surface area contributed by atoms with Gasteiger partial charge in [-0.3, -0.25) is 24.1 Å². The van der Waals surface area contributed by atoms with E-state index in [2.05, 4.69) is 10.2 Å². The van der Waals surface area contributed by atoms with Gasteiger partial charge in [-0.15, -0.1) is 0 Å². The Balaban J connectivity index is 1.53. The number of hydrogen-bond donors (Lipinski definition) is 2. The van der Waals surface area contributed by atoms with Gasteiger partial charge in [0.25, 0.3) is 0 Å². The first kappa shape index (κ1) is 31.6. The van der Waals surface area contributed by atoms with Crippen molar-refractivity contribution in [1.29, 1.82) is 0 Å². The molecule has 12 heteroatoms. The number of nitrogens with one attached hydrogen (secondary N) is 1. The molecule has 0 aromatic rings. The summed E-state index contributed by atoms with van der Waals surface area (Å²) in [6.07, 6.45) is 7.23. The van der Waals surface area contributed by atoms with Crippen LogP contribution >= 0.6 is 0 Å². The van der Waals surface area contributed by atoms with Crippen LogP contribution in [0.3, 0.4) is 0 Å². The van der Waals surface area contributed by atoms with Gasteiger partial charge in [0.1, 0.15) is 23.7 Å². The highest BCUT2D eigenvalue weighted by molar-refractivity contribution is 5.99. The summed E-state index contributed by atoms with van der Waals surface area (Å²) in [5, 5.41) is 13.3. The maximum Gasteiger partial charge on any atom is 0.313 e. The van der Waals surface area contributed by atoms with Gasteiger partial charge in [0.2, 0.25) is 17.7 Å². The van der Waals surface area contributed by atoms with Crippen LogP contribution < -0.4 is 5.32 Å². The van der Waals surface area contributed by atoms with Gasteiger partial charge in [-0.25, -0.2) is 0 Å². The predicted molar refractivity (Wildman–Crippen MR) is 155 cm³/mol. The molecular formula is C31H46N4O8.